The SMILES string of the molecule is C=C1SC(=S)NC1=O.COc1ccccc1O.Cl. The maximum atomic E-state index is 10.5. The van der Waals surface area contributed by atoms with Crippen molar-refractivity contribution in [1.29, 1.82) is 0 Å². The average molecular weight is 306 g/mol. The highest BCUT2D eigenvalue weighted by atomic mass is 35.5. The zero-order valence-corrected chi connectivity index (χ0v) is 12.0. The second-order valence-corrected chi connectivity index (χ2v) is 4.71. The van der Waals surface area contributed by atoms with Gasteiger partial charge in [0.15, 0.2) is 11.5 Å². The number of hydrogen-bond acceptors (Lipinski definition) is 5. The summed E-state index contributed by atoms with van der Waals surface area (Å²) in [4.78, 5) is 10.9. The first kappa shape index (κ1) is 16.8. The third kappa shape index (κ3) is 4.95. The number of halogens is 1. The van der Waals surface area contributed by atoms with Crippen molar-refractivity contribution in [1.82, 2.24) is 5.32 Å². The fraction of sp³-hybridized carbons (Fsp3) is 0.0909. The van der Waals surface area contributed by atoms with Gasteiger partial charge in [-0.05, 0) is 12.1 Å². The Kier molecular flexibility index (Phi) is 7.42. The highest BCUT2D eigenvalue weighted by molar-refractivity contribution is 8.26. The van der Waals surface area contributed by atoms with E-state index in [-0.39, 0.29) is 24.1 Å². The molecule has 0 spiro atoms. The van der Waals surface area contributed by atoms with E-state index in [1.807, 2.05) is 0 Å². The Balaban J connectivity index is 0.000000306. The molecule has 1 saturated heterocycles. The molecule has 1 aliphatic heterocycles. The lowest BCUT2D eigenvalue weighted by Gasteiger charge is -1.99. The van der Waals surface area contributed by atoms with Crippen molar-refractivity contribution in [3.63, 3.8) is 0 Å². The van der Waals surface area contributed by atoms with Crippen LogP contribution in [0.3, 0.4) is 0 Å². The van der Waals surface area contributed by atoms with Gasteiger partial charge in [0.05, 0.1) is 12.0 Å². The third-order valence-electron chi connectivity index (χ3n) is 1.77. The summed E-state index contributed by atoms with van der Waals surface area (Å²) < 4.78 is 5.29. The number of nitrogens with one attached hydrogen (secondary N) is 1. The van der Waals surface area contributed by atoms with Crippen LogP contribution < -0.4 is 10.1 Å². The molecule has 0 aromatic heterocycles. The molecule has 1 aromatic rings. The minimum Gasteiger partial charge on any atom is -0.504 e. The monoisotopic (exact) mass is 305 g/mol. The van der Waals surface area contributed by atoms with Crippen LogP contribution in [-0.4, -0.2) is 22.4 Å². The van der Waals surface area contributed by atoms with Gasteiger partial charge in [0.2, 0.25) is 0 Å². The summed E-state index contributed by atoms with van der Waals surface area (Å²) in [6, 6.07) is 6.84. The van der Waals surface area contributed by atoms with E-state index in [1.165, 1.54) is 18.9 Å². The molecule has 1 amide bonds. The number of rotatable bonds is 1. The highest BCUT2D eigenvalue weighted by Gasteiger charge is 2.18. The lowest BCUT2D eigenvalue weighted by Crippen LogP contribution is -2.17. The molecule has 98 valence electrons. The molecule has 0 bridgehead atoms. The zero-order valence-electron chi connectivity index (χ0n) is 9.50. The standard InChI is InChI=1S/C7H8O2.C4H3NOS2.ClH/c1-9-7-5-3-2-4-6(7)8;1-2-3(6)5-4(7)8-2;/h2-5,8H,1H3;1H2,(H,5,6,7);1H. The summed E-state index contributed by atoms with van der Waals surface area (Å²) >= 11 is 5.85. The molecule has 0 radical (unpaired) electrons. The van der Waals surface area contributed by atoms with Gasteiger partial charge in [0.25, 0.3) is 5.91 Å². The molecule has 2 N–H and O–H groups in total. The van der Waals surface area contributed by atoms with Crippen LogP contribution in [0.1, 0.15) is 0 Å². The predicted molar refractivity (Wildman–Crippen MR) is 79.4 cm³/mol. The van der Waals surface area contributed by atoms with Crippen LogP contribution in [0, 0.1) is 0 Å². The van der Waals surface area contributed by atoms with Crippen LogP contribution in [0.25, 0.3) is 0 Å². The average Bonchev–Trinajstić information content (AvgIpc) is 2.58. The largest absolute Gasteiger partial charge is 0.504 e. The summed E-state index contributed by atoms with van der Waals surface area (Å²) in [6.07, 6.45) is 0. The first-order valence-electron chi connectivity index (χ1n) is 4.58. The molecule has 7 heteroatoms. The Hall–Kier alpha value is -1.24. The quantitative estimate of drug-likeness (QED) is 0.616. The molecule has 4 nitrogen and oxygen atoms in total. The smallest absolute Gasteiger partial charge is 0.262 e. The molecule has 18 heavy (non-hydrogen) atoms. The summed E-state index contributed by atoms with van der Waals surface area (Å²) in [5.74, 6) is 0.525. The van der Waals surface area contributed by atoms with Gasteiger partial charge in [-0.15, -0.1) is 12.4 Å². The van der Waals surface area contributed by atoms with E-state index >= 15 is 0 Å². The Morgan fingerprint density at radius 1 is 1.44 bits per heavy atom. The van der Waals surface area contributed by atoms with E-state index in [0.29, 0.717) is 15.0 Å². The van der Waals surface area contributed by atoms with Crippen LogP contribution in [0.5, 0.6) is 11.5 Å². The number of para-hydroxylation sites is 2. The number of ether oxygens (including phenoxy) is 1. The van der Waals surface area contributed by atoms with E-state index in [0.717, 1.165) is 0 Å². The molecule has 0 saturated carbocycles. The van der Waals surface area contributed by atoms with Crippen molar-refractivity contribution in [2.75, 3.05) is 7.11 Å². The summed E-state index contributed by atoms with van der Waals surface area (Å²) in [6.45, 7) is 3.45. The minimum atomic E-state index is -0.167. The molecule has 1 heterocycles. The van der Waals surface area contributed by atoms with E-state index in [1.54, 1.807) is 24.3 Å². The molecule has 1 aliphatic rings. The topological polar surface area (TPSA) is 58.6 Å². The minimum absolute atomic E-state index is 0. The third-order valence-corrected chi connectivity index (χ3v) is 2.84. The Labute approximate surface area is 121 Å². The number of phenolic OH excluding ortho intramolecular Hbond substituents is 1. The molecular formula is C11H12ClNO3S2. The predicted octanol–water partition coefficient (Wildman–Crippen LogP) is 2.47. The molecule has 1 fully saturated rings. The van der Waals surface area contributed by atoms with Gasteiger partial charge in [0.1, 0.15) is 4.32 Å². The zero-order chi connectivity index (χ0) is 12.8. The van der Waals surface area contributed by atoms with Gasteiger partial charge in [0, 0.05) is 0 Å². The van der Waals surface area contributed by atoms with Gasteiger partial charge >= 0.3 is 0 Å². The molecule has 0 atom stereocenters. The second kappa shape index (κ2) is 7.97. The Morgan fingerprint density at radius 2 is 2.06 bits per heavy atom. The van der Waals surface area contributed by atoms with Gasteiger partial charge in [-0.3, -0.25) is 4.79 Å². The summed E-state index contributed by atoms with van der Waals surface area (Å²) in [5, 5.41) is 11.4. The van der Waals surface area contributed by atoms with Crippen molar-refractivity contribution in [3.8, 4) is 11.5 Å². The number of carbonyl (C=O) groups is 1. The molecular weight excluding hydrogens is 294 g/mol. The first-order chi connectivity index (χ1) is 8.04. The van der Waals surface area contributed by atoms with E-state index in [4.69, 9.17) is 9.84 Å². The number of benzene rings is 1. The molecule has 2 rings (SSSR count). The maximum absolute atomic E-state index is 10.5. The summed E-state index contributed by atoms with van der Waals surface area (Å²) in [7, 11) is 1.52. The fourth-order valence-corrected chi connectivity index (χ4v) is 1.88. The number of thiocarbonyl (C=S) groups is 1. The van der Waals surface area contributed by atoms with Gasteiger partial charge in [-0.1, -0.05) is 42.7 Å². The normalized spacial score (nSPS) is 13.1. The van der Waals surface area contributed by atoms with Crippen LogP contribution in [-0.2, 0) is 4.79 Å². The van der Waals surface area contributed by atoms with Crippen LogP contribution in [0.15, 0.2) is 35.7 Å². The molecule has 0 aliphatic carbocycles. The first-order valence-corrected chi connectivity index (χ1v) is 5.81. The van der Waals surface area contributed by atoms with Crippen LogP contribution >= 0.6 is 36.4 Å². The van der Waals surface area contributed by atoms with Gasteiger partial charge < -0.3 is 15.2 Å². The van der Waals surface area contributed by atoms with Crippen molar-refractivity contribution in [2.45, 2.75) is 0 Å². The number of amides is 1. The van der Waals surface area contributed by atoms with E-state index in [2.05, 4.69) is 24.1 Å². The summed E-state index contributed by atoms with van der Waals surface area (Å²) in [5.41, 5.74) is 0. The number of thioether (sulfide) groups is 1. The number of carbonyl (C=O) groups excluding carboxylic acids is 1. The van der Waals surface area contributed by atoms with Crippen LogP contribution in [0.2, 0.25) is 0 Å². The highest BCUT2D eigenvalue weighted by Crippen LogP contribution is 2.23. The van der Waals surface area contributed by atoms with Gasteiger partial charge in [-0.2, -0.15) is 0 Å². The Bertz CT molecular complexity index is 447. The number of phenols is 1. The maximum Gasteiger partial charge on any atom is 0.262 e. The van der Waals surface area contributed by atoms with Crippen molar-refractivity contribution in [2.24, 2.45) is 0 Å². The lowest BCUT2D eigenvalue weighted by atomic mass is 10.3. The van der Waals surface area contributed by atoms with E-state index in [9.17, 15) is 4.79 Å². The van der Waals surface area contributed by atoms with Gasteiger partial charge in [-0.25, -0.2) is 0 Å². The second-order valence-electron chi connectivity index (χ2n) is 2.94. The van der Waals surface area contributed by atoms with Crippen molar-refractivity contribution < 1.29 is 14.6 Å². The fourth-order valence-electron chi connectivity index (χ4n) is 0.976. The lowest BCUT2D eigenvalue weighted by molar-refractivity contribution is -0.115. The van der Waals surface area contributed by atoms with Crippen molar-refractivity contribution >= 4 is 46.6 Å². The molecule has 1 aromatic carbocycles. The van der Waals surface area contributed by atoms with Crippen LogP contribution in [0.4, 0.5) is 0 Å². The van der Waals surface area contributed by atoms with E-state index < -0.39 is 0 Å². The Morgan fingerprint density at radius 3 is 2.33 bits per heavy atom. The number of methoxy groups -OCH3 is 1. The molecule has 0 unspecified atom stereocenters. The van der Waals surface area contributed by atoms with Crippen molar-refractivity contribution in [3.05, 3.63) is 35.7 Å². The number of aromatic hydroxyl groups is 1. The number of hydrogen-bond donors (Lipinski definition) is 2.